The maximum absolute atomic E-state index is 13.4. The number of carbonyl (C=O) groups is 3. The first-order valence-corrected chi connectivity index (χ1v) is 14.2. The molecule has 4 atom stereocenters. The fraction of sp³-hybridized carbons (Fsp3) is 0.200. The number of imidazole rings is 1. The van der Waals surface area contributed by atoms with Gasteiger partial charge in [-0.25, -0.2) is 19.4 Å². The van der Waals surface area contributed by atoms with E-state index in [1.165, 1.54) is 0 Å². The van der Waals surface area contributed by atoms with Crippen molar-refractivity contribution in [1.29, 1.82) is 0 Å². The van der Waals surface area contributed by atoms with Crippen LogP contribution in [0.5, 0.6) is 0 Å². The van der Waals surface area contributed by atoms with Crippen LogP contribution in [0, 0.1) is 13.8 Å². The Morgan fingerprint density at radius 3 is 1.77 bits per heavy atom. The number of rotatable bonds is 8. The van der Waals surface area contributed by atoms with Crippen LogP contribution >= 0.6 is 0 Å². The zero-order valence-electron chi connectivity index (χ0n) is 24.2. The lowest BCUT2D eigenvalue weighted by atomic mass is 10.1. The van der Waals surface area contributed by atoms with E-state index in [-0.39, 0.29) is 6.61 Å². The van der Waals surface area contributed by atoms with Gasteiger partial charge in [-0.15, -0.1) is 0 Å². The summed E-state index contributed by atoms with van der Waals surface area (Å²) in [5.74, 6) is -1.83. The van der Waals surface area contributed by atoms with Crippen molar-refractivity contribution in [2.24, 2.45) is 0 Å². The summed E-state index contributed by atoms with van der Waals surface area (Å²) in [6, 6.07) is 29.5. The molecule has 222 valence electrons. The molecule has 4 aromatic carbocycles. The number of aromatic nitrogens is 2. The Balaban J connectivity index is 1.38. The topological polar surface area (TPSA) is 106 Å². The summed E-state index contributed by atoms with van der Waals surface area (Å²) >= 11 is 0. The van der Waals surface area contributed by atoms with Crippen LogP contribution in [0.3, 0.4) is 0 Å². The molecule has 6 rings (SSSR count). The Labute approximate surface area is 254 Å². The smallest absolute Gasteiger partial charge is 0.338 e. The van der Waals surface area contributed by atoms with Crippen LogP contribution in [-0.2, 0) is 18.9 Å². The molecular formula is C35H30N2O7. The zero-order valence-corrected chi connectivity index (χ0v) is 24.2. The molecule has 0 saturated carbocycles. The Hall–Kier alpha value is -5.28. The Morgan fingerprint density at radius 2 is 1.20 bits per heavy atom. The molecule has 0 spiro atoms. The second-order valence-corrected chi connectivity index (χ2v) is 10.6. The van der Waals surface area contributed by atoms with Gasteiger partial charge in [0.25, 0.3) is 0 Å². The molecule has 44 heavy (non-hydrogen) atoms. The Morgan fingerprint density at radius 1 is 0.705 bits per heavy atom. The van der Waals surface area contributed by atoms with E-state index in [0.29, 0.717) is 16.7 Å². The van der Waals surface area contributed by atoms with Gasteiger partial charge in [-0.1, -0.05) is 54.6 Å². The van der Waals surface area contributed by atoms with Crippen molar-refractivity contribution in [2.45, 2.75) is 38.4 Å². The summed E-state index contributed by atoms with van der Waals surface area (Å²) in [6.07, 6.45) is -2.57. The monoisotopic (exact) mass is 590 g/mol. The van der Waals surface area contributed by atoms with Crippen molar-refractivity contribution in [3.63, 3.8) is 0 Å². The summed E-state index contributed by atoms with van der Waals surface area (Å²) in [4.78, 5) is 44.2. The van der Waals surface area contributed by atoms with Gasteiger partial charge in [-0.3, -0.25) is 0 Å². The van der Waals surface area contributed by atoms with Crippen LogP contribution in [0.2, 0.25) is 0 Å². The predicted molar refractivity (Wildman–Crippen MR) is 161 cm³/mol. The molecular weight excluding hydrogens is 560 g/mol. The molecule has 1 aliphatic rings. The molecule has 1 aromatic heterocycles. The van der Waals surface area contributed by atoms with Crippen LogP contribution in [0.1, 0.15) is 48.4 Å². The largest absolute Gasteiger partial charge is 0.459 e. The molecule has 0 radical (unpaired) electrons. The molecule has 0 N–H and O–H groups in total. The van der Waals surface area contributed by atoms with Gasteiger partial charge < -0.3 is 23.5 Å². The number of benzene rings is 4. The molecule has 1 aliphatic heterocycles. The highest BCUT2D eigenvalue weighted by Crippen LogP contribution is 2.37. The van der Waals surface area contributed by atoms with Crippen LogP contribution in [0.15, 0.2) is 109 Å². The van der Waals surface area contributed by atoms with Crippen molar-refractivity contribution in [3.05, 3.63) is 137 Å². The third-order valence-corrected chi connectivity index (χ3v) is 7.64. The number of hydrogen-bond donors (Lipinski definition) is 0. The number of hydrogen-bond acceptors (Lipinski definition) is 8. The Kier molecular flexibility index (Phi) is 8.21. The van der Waals surface area contributed by atoms with Crippen molar-refractivity contribution in [1.82, 2.24) is 9.55 Å². The van der Waals surface area contributed by atoms with E-state index >= 15 is 0 Å². The first kappa shape index (κ1) is 28.8. The molecule has 1 fully saturated rings. The molecule has 4 unspecified atom stereocenters. The van der Waals surface area contributed by atoms with Crippen LogP contribution < -0.4 is 0 Å². The lowest BCUT2D eigenvalue weighted by Crippen LogP contribution is -2.41. The van der Waals surface area contributed by atoms with E-state index in [2.05, 4.69) is 4.98 Å². The standard InChI is InChI=1S/C35H30N2O7/c1-22-18-27-28(19-23(22)2)37(21-36-27)32-31(44-35(40)26-16-10-5-11-17-26)30(43-34(39)25-14-8-4-9-15-25)29(42-32)20-41-33(38)24-12-6-3-7-13-24/h3-19,21,29-32H,20H2,1-2H3. The van der Waals surface area contributed by atoms with Crippen LogP contribution in [0.4, 0.5) is 0 Å². The van der Waals surface area contributed by atoms with Gasteiger partial charge in [0.1, 0.15) is 12.7 Å². The summed E-state index contributed by atoms with van der Waals surface area (Å²) in [5, 5.41) is 0. The molecule has 0 bridgehead atoms. The van der Waals surface area contributed by atoms with Crippen molar-refractivity contribution < 1.29 is 33.3 Å². The molecule has 1 saturated heterocycles. The molecule has 5 aromatic rings. The lowest BCUT2D eigenvalue weighted by molar-refractivity contribution is -0.0604. The molecule has 9 heteroatoms. The minimum Gasteiger partial charge on any atom is -0.459 e. The van der Waals surface area contributed by atoms with Crippen molar-refractivity contribution in [2.75, 3.05) is 6.61 Å². The van der Waals surface area contributed by atoms with Gasteiger partial charge in [0.2, 0.25) is 0 Å². The summed E-state index contributed by atoms with van der Waals surface area (Å²) in [5.41, 5.74) is 4.57. The maximum Gasteiger partial charge on any atom is 0.338 e. The van der Waals surface area contributed by atoms with Gasteiger partial charge in [0.15, 0.2) is 18.4 Å². The third-order valence-electron chi connectivity index (χ3n) is 7.64. The van der Waals surface area contributed by atoms with Crippen molar-refractivity contribution >= 4 is 28.9 Å². The van der Waals surface area contributed by atoms with Gasteiger partial charge in [-0.05, 0) is 73.5 Å². The second-order valence-electron chi connectivity index (χ2n) is 10.6. The average Bonchev–Trinajstić information content (AvgIpc) is 3.61. The van der Waals surface area contributed by atoms with E-state index in [1.54, 1.807) is 102 Å². The van der Waals surface area contributed by atoms with Gasteiger partial charge in [0.05, 0.1) is 34.1 Å². The van der Waals surface area contributed by atoms with Crippen molar-refractivity contribution in [3.8, 4) is 0 Å². The van der Waals surface area contributed by atoms with Gasteiger partial charge in [-0.2, -0.15) is 0 Å². The number of fused-ring (bicyclic) bond motifs is 1. The number of nitrogens with zero attached hydrogens (tertiary/aromatic N) is 2. The van der Waals surface area contributed by atoms with E-state index in [0.717, 1.165) is 22.2 Å². The van der Waals surface area contributed by atoms with E-state index in [1.807, 2.05) is 26.0 Å². The number of ether oxygens (including phenoxy) is 4. The maximum atomic E-state index is 13.4. The summed E-state index contributed by atoms with van der Waals surface area (Å²) < 4.78 is 25.9. The number of carbonyl (C=O) groups excluding carboxylic acids is 3. The molecule has 0 aliphatic carbocycles. The normalized spacial score (nSPS) is 19.4. The SMILES string of the molecule is Cc1cc2ncn(C3OC(COC(=O)c4ccccc4)C(OC(=O)c4ccccc4)C3OC(=O)c3ccccc3)c2cc1C. The fourth-order valence-corrected chi connectivity index (χ4v) is 5.17. The molecule has 9 nitrogen and oxygen atoms in total. The molecule has 2 heterocycles. The first-order chi connectivity index (χ1) is 21.4. The lowest BCUT2D eigenvalue weighted by Gasteiger charge is -2.25. The third kappa shape index (κ3) is 5.95. The highest BCUT2D eigenvalue weighted by atomic mass is 16.7. The fourth-order valence-electron chi connectivity index (χ4n) is 5.17. The van der Waals surface area contributed by atoms with Crippen LogP contribution in [0.25, 0.3) is 11.0 Å². The number of esters is 3. The highest BCUT2D eigenvalue weighted by Gasteiger charge is 2.51. The van der Waals surface area contributed by atoms with Gasteiger partial charge >= 0.3 is 17.9 Å². The second kappa shape index (κ2) is 12.5. The van der Waals surface area contributed by atoms with E-state index in [9.17, 15) is 14.4 Å². The first-order valence-electron chi connectivity index (χ1n) is 14.2. The molecule has 0 amide bonds. The summed E-state index contributed by atoms with van der Waals surface area (Å²) in [6.45, 7) is 3.73. The Bertz CT molecular complexity index is 1790. The van der Waals surface area contributed by atoms with E-state index in [4.69, 9.17) is 18.9 Å². The summed E-state index contributed by atoms with van der Waals surface area (Å²) in [7, 11) is 0. The van der Waals surface area contributed by atoms with Gasteiger partial charge in [0, 0.05) is 0 Å². The van der Waals surface area contributed by atoms with E-state index < -0.39 is 42.4 Å². The minimum atomic E-state index is -1.13. The average molecular weight is 591 g/mol. The predicted octanol–water partition coefficient (Wildman–Crippen LogP) is 5.86. The van der Waals surface area contributed by atoms with Crippen LogP contribution in [-0.4, -0.2) is 52.4 Å². The highest BCUT2D eigenvalue weighted by molar-refractivity contribution is 5.91. The minimum absolute atomic E-state index is 0.263. The zero-order chi connectivity index (χ0) is 30.6. The quantitative estimate of drug-likeness (QED) is 0.164. The number of aryl methyl sites for hydroxylation is 2.